The third kappa shape index (κ3) is 3.05. The van der Waals surface area contributed by atoms with Crippen molar-refractivity contribution in [2.75, 3.05) is 11.9 Å². The zero-order valence-electron chi connectivity index (χ0n) is 10.7. The molecule has 1 aliphatic rings. The topological polar surface area (TPSA) is 56.9 Å². The molecule has 0 amide bonds. The Morgan fingerprint density at radius 1 is 1.32 bits per heavy atom. The summed E-state index contributed by atoms with van der Waals surface area (Å²) in [6.45, 7) is 2.61. The van der Waals surface area contributed by atoms with Gasteiger partial charge in [0, 0.05) is 36.4 Å². The average Bonchev–Trinajstić information content (AvgIpc) is 2.84. The quantitative estimate of drug-likeness (QED) is 0.801. The van der Waals surface area contributed by atoms with Crippen molar-refractivity contribution in [2.24, 2.45) is 0 Å². The Bertz CT molecular complexity index is 617. The molecule has 0 fully saturated rings. The summed E-state index contributed by atoms with van der Waals surface area (Å²) >= 11 is 1.21. The highest BCUT2D eigenvalue weighted by atomic mass is 32.1. The van der Waals surface area contributed by atoms with Crippen LogP contribution in [0.5, 0.6) is 0 Å². The van der Waals surface area contributed by atoms with Crippen LogP contribution in [0, 0.1) is 0 Å². The normalized spacial score (nSPS) is 13.9. The fourth-order valence-corrected chi connectivity index (χ4v) is 2.96. The van der Waals surface area contributed by atoms with E-state index in [1.54, 1.807) is 0 Å². The van der Waals surface area contributed by atoms with Gasteiger partial charge in [-0.3, -0.25) is 4.79 Å². The number of aromatic amines is 1. The summed E-state index contributed by atoms with van der Waals surface area (Å²) < 4.78 is 0. The van der Waals surface area contributed by atoms with Crippen molar-refractivity contribution in [2.45, 2.75) is 25.9 Å². The number of H-pyrrole nitrogens is 1. The van der Waals surface area contributed by atoms with E-state index in [4.69, 9.17) is 0 Å². The number of fused-ring (bicyclic) bond motifs is 1. The molecule has 0 unspecified atom stereocenters. The van der Waals surface area contributed by atoms with Gasteiger partial charge in [0.2, 0.25) is 0 Å². The molecule has 0 atom stereocenters. The molecule has 0 radical (unpaired) electrons. The molecule has 0 saturated carbocycles. The van der Waals surface area contributed by atoms with Gasteiger partial charge in [-0.25, -0.2) is 0 Å². The molecule has 0 aliphatic carbocycles. The fourth-order valence-electron chi connectivity index (χ4n) is 2.38. The maximum Gasteiger partial charge on any atom is 0.304 e. The molecule has 5 heteroatoms. The van der Waals surface area contributed by atoms with Crippen LogP contribution in [-0.2, 0) is 19.5 Å². The number of thiazole rings is 1. The smallest absolute Gasteiger partial charge is 0.304 e. The molecule has 100 valence electrons. The molecule has 4 nitrogen and oxygen atoms in total. The largest absolute Gasteiger partial charge is 0.385 e. The zero-order valence-corrected chi connectivity index (χ0v) is 11.5. The molecule has 1 aliphatic heterocycles. The van der Waals surface area contributed by atoms with Crippen molar-refractivity contribution in [3.63, 3.8) is 0 Å². The van der Waals surface area contributed by atoms with Gasteiger partial charge in [-0.2, -0.15) is 0 Å². The van der Waals surface area contributed by atoms with Crippen molar-refractivity contribution < 1.29 is 0 Å². The van der Waals surface area contributed by atoms with Crippen molar-refractivity contribution in [3.05, 3.63) is 50.1 Å². The van der Waals surface area contributed by atoms with E-state index in [2.05, 4.69) is 33.8 Å². The minimum absolute atomic E-state index is 0.0108. The Kier molecular flexibility index (Phi) is 3.66. The van der Waals surface area contributed by atoms with E-state index in [1.165, 1.54) is 34.6 Å². The molecule has 3 N–H and O–H groups in total. The summed E-state index contributed by atoms with van der Waals surface area (Å²) in [7, 11) is 0. The lowest BCUT2D eigenvalue weighted by molar-refractivity contribution is 0.680. The Hall–Kier alpha value is -1.59. The van der Waals surface area contributed by atoms with Crippen molar-refractivity contribution in [1.29, 1.82) is 0 Å². The van der Waals surface area contributed by atoms with Crippen LogP contribution < -0.4 is 15.5 Å². The van der Waals surface area contributed by atoms with Crippen LogP contribution in [0.3, 0.4) is 0 Å². The van der Waals surface area contributed by atoms with Crippen LogP contribution in [0.15, 0.2) is 28.4 Å². The van der Waals surface area contributed by atoms with E-state index >= 15 is 0 Å². The lowest BCUT2D eigenvalue weighted by Crippen LogP contribution is -2.15. The summed E-state index contributed by atoms with van der Waals surface area (Å²) in [4.78, 5) is 13.8. The van der Waals surface area contributed by atoms with E-state index in [1.807, 2.05) is 5.38 Å². The molecule has 2 aromatic rings. The Balaban J connectivity index is 1.59. The molecule has 1 aromatic carbocycles. The van der Waals surface area contributed by atoms with Gasteiger partial charge in [-0.15, -0.1) is 0 Å². The number of hydrogen-bond acceptors (Lipinski definition) is 4. The second-order valence-corrected chi connectivity index (χ2v) is 5.64. The van der Waals surface area contributed by atoms with E-state index in [0.717, 1.165) is 25.2 Å². The molecule has 0 saturated heterocycles. The Morgan fingerprint density at radius 2 is 2.26 bits per heavy atom. The first-order chi connectivity index (χ1) is 9.31. The number of rotatable bonds is 4. The lowest BCUT2D eigenvalue weighted by atomic mass is 10.0. The maximum atomic E-state index is 11.0. The van der Waals surface area contributed by atoms with Crippen LogP contribution in [0.2, 0.25) is 0 Å². The van der Waals surface area contributed by atoms with Crippen LogP contribution in [0.1, 0.15) is 23.2 Å². The number of hydrogen-bond donors (Lipinski definition) is 3. The minimum Gasteiger partial charge on any atom is -0.385 e. The highest BCUT2D eigenvalue weighted by molar-refractivity contribution is 7.07. The van der Waals surface area contributed by atoms with E-state index in [9.17, 15) is 4.79 Å². The second kappa shape index (κ2) is 5.59. The third-order valence-corrected chi connectivity index (χ3v) is 4.04. The van der Waals surface area contributed by atoms with Gasteiger partial charge in [-0.05, 0) is 30.0 Å². The van der Waals surface area contributed by atoms with Gasteiger partial charge in [0.1, 0.15) is 0 Å². The van der Waals surface area contributed by atoms with Gasteiger partial charge in [-0.1, -0.05) is 23.5 Å². The molecule has 0 spiro atoms. The molecule has 19 heavy (non-hydrogen) atoms. The summed E-state index contributed by atoms with van der Waals surface area (Å²) in [6.07, 6.45) is 2.37. The van der Waals surface area contributed by atoms with E-state index in [0.29, 0.717) is 6.54 Å². The van der Waals surface area contributed by atoms with Gasteiger partial charge in [0.15, 0.2) is 0 Å². The Labute approximate surface area is 115 Å². The van der Waals surface area contributed by atoms with Crippen LogP contribution in [-0.4, -0.2) is 11.5 Å². The first-order valence-electron chi connectivity index (χ1n) is 6.54. The predicted octanol–water partition coefficient (Wildman–Crippen LogP) is 2.08. The van der Waals surface area contributed by atoms with Gasteiger partial charge < -0.3 is 15.6 Å². The number of nitrogens with one attached hydrogen (secondary N) is 3. The van der Waals surface area contributed by atoms with Crippen LogP contribution in [0.4, 0.5) is 5.69 Å². The van der Waals surface area contributed by atoms with E-state index < -0.39 is 0 Å². The van der Waals surface area contributed by atoms with Crippen LogP contribution >= 0.6 is 11.3 Å². The summed E-state index contributed by atoms with van der Waals surface area (Å²) in [6, 6.07) is 6.59. The molecular weight excluding hydrogens is 258 g/mol. The third-order valence-electron chi connectivity index (χ3n) is 3.32. The number of aromatic nitrogens is 1. The first kappa shape index (κ1) is 12.4. The standard InChI is InChI=1S/C14H17N3OS/c18-14-17-12(9-19-14)8-15-7-10-3-4-13-11(6-10)2-1-5-16-13/h3-4,6,9,15-16H,1-2,5,7-8H2,(H,17,18). The summed E-state index contributed by atoms with van der Waals surface area (Å²) in [5.41, 5.74) is 4.93. The summed E-state index contributed by atoms with van der Waals surface area (Å²) in [5.74, 6) is 0. The average molecular weight is 275 g/mol. The van der Waals surface area contributed by atoms with Crippen molar-refractivity contribution in [1.82, 2.24) is 10.3 Å². The Morgan fingerprint density at radius 3 is 3.11 bits per heavy atom. The maximum absolute atomic E-state index is 11.0. The first-order valence-corrected chi connectivity index (χ1v) is 7.42. The molecular formula is C14H17N3OS. The second-order valence-electron chi connectivity index (χ2n) is 4.80. The van der Waals surface area contributed by atoms with Crippen molar-refractivity contribution in [3.8, 4) is 0 Å². The SMILES string of the molecule is O=c1[nH]c(CNCc2ccc3c(c2)CCCN3)cs1. The summed E-state index contributed by atoms with van der Waals surface area (Å²) in [5, 5.41) is 8.64. The highest BCUT2D eigenvalue weighted by Gasteiger charge is 2.08. The predicted molar refractivity (Wildman–Crippen MR) is 78.7 cm³/mol. The molecule has 2 heterocycles. The highest BCUT2D eigenvalue weighted by Crippen LogP contribution is 2.22. The lowest BCUT2D eigenvalue weighted by Gasteiger charge is -2.18. The number of aryl methyl sites for hydroxylation is 1. The molecule has 0 bridgehead atoms. The minimum atomic E-state index is 0.0108. The number of benzene rings is 1. The monoisotopic (exact) mass is 275 g/mol. The molecule has 1 aromatic heterocycles. The molecule has 3 rings (SSSR count). The zero-order chi connectivity index (χ0) is 13.1. The fraction of sp³-hybridized carbons (Fsp3) is 0.357. The van der Waals surface area contributed by atoms with Gasteiger partial charge >= 0.3 is 4.87 Å². The van der Waals surface area contributed by atoms with E-state index in [-0.39, 0.29) is 4.87 Å². The number of anilines is 1. The van der Waals surface area contributed by atoms with Gasteiger partial charge in [0.05, 0.1) is 0 Å². The van der Waals surface area contributed by atoms with Crippen molar-refractivity contribution >= 4 is 17.0 Å². The van der Waals surface area contributed by atoms with Gasteiger partial charge in [0.25, 0.3) is 0 Å². The van der Waals surface area contributed by atoms with Crippen LogP contribution in [0.25, 0.3) is 0 Å².